The molecule has 0 aliphatic carbocycles. The molecule has 0 saturated heterocycles. The summed E-state index contributed by atoms with van der Waals surface area (Å²) in [5.74, 6) is 0. The Kier molecular flexibility index (Phi) is 4.52. The summed E-state index contributed by atoms with van der Waals surface area (Å²) >= 11 is 0. The molecule has 0 aromatic rings. The van der Waals surface area contributed by atoms with Crippen LogP contribution in [-0.2, 0) is 17.1 Å². The topological polar surface area (TPSA) is 92.2 Å². The van der Waals surface area contributed by atoms with Crippen LogP contribution in [0.4, 0.5) is 0 Å². The standard InChI is InChI=1S/ClHO4.Cu/c2-1(3,4)5;/h(H,2,3,4,5);/q;+2/p-1. The summed E-state index contributed by atoms with van der Waals surface area (Å²) in [6.45, 7) is 0. The predicted molar refractivity (Wildman–Crippen MR) is 0 cm³/mol. The largest absolute Gasteiger partial charge is 2.00 e. The molecule has 0 bridgehead atoms. The van der Waals surface area contributed by atoms with Crippen molar-refractivity contribution in [2.75, 3.05) is 0 Å². The summed E-state index contributed by atoms with van der Waals surface area (Å²) in [6, 6.07) is 0. The van der Waals surface area contributed by atoms with Gasteiger partial charge in [0, 0.05) is 0 Å². The molecule has 0 N–H and O–H groups in total. The molecule has 0 aromatic heterocycles. The van der Waals surface area contributed by atoms with Crippen LogP contribution in [0.5, 0.6) is 0 Å². The molecular weight excluding hydrogens is 163 g/mol. The Hall–Kier alpha value is 0.649. The quantitative estimate of drug-likeness (QED) is 0.335. The molecule has 0 aromatic carbocycles. The molecule has 0 unspecified atom stereocenters. The second kappa shape index (κ2) is 2.76. The average Bonchev–Trinajstić information content (AvgIpc) is 0.722. The van der Waals surface area contributed by atoms with E-state index in [-0.39, 0.29) is 17.1 Å². The van der Waals surface area contributed by atoms with Crippen LogP contribution < -0.4 is 18.6 Å². The smallest absolute Gasteiger partial charge is 0.222 e. The van der Waals surface area contributed by atoms with Gasteiger partial charge in [0.2, 0.25) is 0 Å². The van der Waals surface area contributed by atoms with Gasteiger partial charge in [-0.1, -0.05) is 0 Å². The zero-order valence-electron chi connectivity index (χ0n) is 2.31. The predicted octanol–water partition coefficient (Wildman–Crippen LogP) is -4.76. The van der Waals surface area contributed by atoms with Gasteiger partial charge in [-0.05, 0) is 0 Å². The maximum Gasteiger partial charge on any atom is 2.00 e. The molecule has 6 heavy (non-hydrogen) atoms. The molecule has 0 rings (SSSR count). The molecule has 0 amide bonds. The Labute approximate surface area is 46.6 Å². The van der Waals surface area contributed by atoms with E-state index in [9.17, 15) is 0 Å². The zero-order valence-corrected chi connectivity index (χ0v) is 4.01. The molecular formula is ClCuO4+. The molecule has 4 nitrogen and oxygen atoms in total. The summed E-state index contributed by atoms with van der Waals surface area (Å²) in [4.78, 5) is 0. The minimum absolute atomic E-state index is 0. The van der Waals surface area contributed by atoms with Crippen LogP contribution in [-0.4, -0.2) is 0 Å². The first-order valence-electron chi connectivity index (χ1n) is 0.617. The average molecular weight is 163 g/mol. The van der Waals surface area contributed by atoms with Crippen LogP contribution in [0.15, 0.2) is 0 Å². The van der Waals surface area contributed by atoms with E-state index in [1.807, 2.05) is 0 Å². The molecule has 0 aliphatic rings. The number of hydrogen-bond acceptors (Lipinski definition) is 4. The number of hydrogen-bond donors (Lipinski definition) is 0. The molecule has 0 fully saturated rings. The van der Waals surface area contributed by atoms with Gasteiger partial charge in [0.1, 0.15) is 0 Å². The SMILES string of the molecule is [Cu+2].[O-][Cl+3]([O-])([O-])[O-]. The van der Waals surface area contributed by atoms with Crippen LogP contribution >= 0.6 is 0 Å². The minimum Gasteiger partial charge on any atom is -0.222 e. The van der Waals surface area contributed by atoms with Gasteiger partial charge in [0.15, 0.2) is 0 Å². The first kappa shape index (κ1) is 9.82. The molecule has 0 aliphatic heterocycles. The fourth-order valence-electron chi connectivity index (χ4n) is 0. The first-order chi connectivity index (χ1) is 2.00. The fraction of sp³-hybridized carbons (Fsp3) is 0. The first-order valence-corrected chi connectivity index (χ1v) is 1.85. The van der Waals surface area contributed by atoms with Crippen molar-refractivity contribution in [2.24, 2.45) is 0 Å². The van der Waals surface area contributed by atoms with Crippen molar-refractivity contribution in [1.29, 1.82) is 0 Å². The minimum atomic E-state index is -4.94. The van der Waals surface area contributed by atoms with Crippen molar-refractivity contribution < 1.29 is 45.9 Å². The van der Waals surface area contributed by atoms with Gasteiger partial charge in [-0.15, -0.1) is 10.2 Å². The summed E-state index contributed by atoms with van der Waals surface area (Å²) in [7, 11) is -4.94. The van der Waals surface area contributed by atoms with Crippen LogP contribution in [0.3, 0.4) is 0 Å². The number of halogens is 1. The summed E-state index contributed by atoms with van der Waals surface area (Å²) in [5.41, 5.74) is 0. The van der Waals surface area contributed by atoms with E-state index in [2.05, 4.69) is 0 Å². The third-order valence-corrected chi connectivity index (χ3v) is 0. The van der Waals surface area contributed by atoms with Gasteiger partial charge in [-0.2, -0.15) is 0 Å². The Morgan fingerprint density at radius 3 is 0.833 bits per heavy atom. The van der Waals surface area contributed by atoms with Gasteiger partial charge in [0.05, 0.1) is 0 Å². The normalized spacial score (nSPS) is 10.0. The summed E-state index contributed by atoms with van der Waals surface area (Å²) in [6.07, 6.45) is 0. The van der Waals surface area contributed by atoms with E-state index in [1.54, 1.807) is 0 Å². The third-order valence-electron chi connectivity index (χ3n) is 0. The second-order valence-electron chi connectivity index (χ2n) is 0.378. The van der Waals surface area contributed by atoms with E-state index >= 15 is 0 Å². The van der Waals surface area contributed by atoms with Crippen LogP contribution in [0.1, 0.15) is 0 Å². The van der Waals surface area contributed by atoms with Crippen molar-refractivity contribution in [3.8, 4) is 0 Å². The van der Waals surface area contributed by atoms with Crippen LogP contribution in [0.25, 0.3) is 0 Å². The fourth-order valence-corrected chi connectivity index (χ4v) is 0. The molecule has 41 valence electrons. The Morgan fingerprint density at radius 1 is 0.833 bits per heavy atom. The van der Waals surface area contributed by atoms with Crippen molar-refractivity contribution in [3.63, 3.8) is 0 Å². The van der Waals surface area contributed by atoms with Crippen LogP contribution in [0.2, 0.25) is 0 Å². The molecule has 0 saturated carbocycles. The zero-order chi connectivity index (χ0) is 4.50. The number of rotatable bonds is 0. The Morgan fingerprint density at radius 2 is 0.833 bits per heavy atom. The second-order valence-corrected chi connectivity index (χ2v) is 1.13. The Bertz CT molecular complexity index is 23.0. The molecule has 6 heteroatoms. The summed E-state index contributed by atoms with van der Waals surface area (Å²) in [5, 5.41) is 0. The van der Waals surface area contributed by atoms with E-state index in [0.717, 1.165) is 0 Å². The van der Waals surface area contributed by atoms with Gasteiger partial charge < -0.3 is 0 Å². The van der Waals surface area contributed by atoms with Crippen molar-refractivity contribution in [3.05, 3.63) is 0 Å². The molecule has 0 heterocycles. The molecule has 0 atom stereocenters. The van der Waals surface area contributed by atoms with E-state index in [4.69, 9.17) is 18.6 Å². The van der Waals surface area contributed by atoms with Crippen LogP contribution in [0, 0.1) is 10.2 Å². The van der Waals surface area contributed by atoms with Crippen molar-refractivity contribution >= 4 is 0 Å². The van der Waals surface area contributed by atoms with Gasteiger partial charge >= 0.3 is 17.1 Å². The van der Waals surface area contributed by atoms with E-state index < -0.39 is 10.2 Å². The van der Waals surface area contributed by atoms with E-state index in [0.29, 0.717) is 0 Å². The maximum atomic E-state index is 8.49. The monoisotopic (exact) mass is 162 g/mol. The molecule has 1 radical (unpaired) electrons. The van der Waals surface area contributed by atoms with Crippen molar-refractivity contribution in [2.45, 2.75) is 0 Å². The van der Waals surface area contributed by atoms with E-state index in [1.165, 1.54) is 0 Å². The molecule has 0 spiro atoms. The van der Waals surface area contributed by atoms with Gasteiger partial charge in [0.25, 0.3) is 0 Å². The maximum absolute atomic E-state index is 8.49. The van der Waals surface area contributed by atoms with Gasteiger partial charge in [-0.3, -0.25) is 0 Å². The summed E-state index contributed by atoms with van der Waals surface area (Å²) < 4.78 is 34.0. The van der Waals surface area contributed by atoms with Gasteiger partial charge in [-0.25, -0.2) is 18.6 Å². The Balaban J connectivity index is 0. The van der Waals surface area contributed by atoms with Crippen molar-refractivity contribution in [1.82, 2.24) is 0 Å². The third kappa shape index (κ3) is 147.